The summed E-state index contributed by atoms with van der Waals surface area (Å²) in [6.45, 7) is 17.4. The quantitative estimate of drug-likeness (QED) is 0.437. The molecule has 1 nitrogen and oxygen atoms in total. The van der Waals surface area contributed by atoms with E-state index in [0.29, 0.717) is 0 Å². The van der Waals surface area contributed by atoms with E-state index in [-0.39, 0.29) is 10.8 Å². The molecule has 0 unspecified atom stereocenters. The molecule has 0 amide bonds. The van der Waals surface area contributed by atoms with E-state index in [2.05, 4.69) is 126 Å². The van der Waals surface area contributed by atoms with Crippen LogP contribution in [0, 0.1) is 0 Å². The van der Waals surface area contributed by atoms with Crippen LogP contribution in [-0.2, 0) is 10.8 Å². The number of rotatable bonds is 4. The van der Waals surface area contributed by atoms with Gasteiger partial charge in [-0.15, -0.1) is 0 Å². The lowest BCUT2D eigenvalue weighted by atomic mass is 9.86. The highest BCUT2D eigenvalue weighted by molar-refractivity contribution is 5.77. The SMILES string of the molecule is C=Cc1ccc(N(c2ccc(C(C)(C)C)cc2)c2ccc(C(C)(C)C)cc2)cc1. The Hall–Kier alpha value is -2.80. The van der Waals surface area contributed by atoms with Crippen LogP contribution in [0.3, 0.4) is 0 Å². The lowest BCUT2D eigenvalue weighted by molar-refractivity contribution is 0.590. The fourth-order valence-electron chi connectivity index (χ4n) is 3.43. The van der Waals surface area contributed by atoms with Crippen LogP contribution in [-0.4, -0.2) is 0 Å². The fourth-order valence-corrected chi connectivity index (χ4v) is 3.43. The van der Waals surface area contributed by atoms with Crippen molar-refractivity contribution in [2.45, 2.75) is 52.4 Å². The van der Waals surface area contributed by atoms with Gasteiger partial charge in [0.05, 0.1) is 0 Å². The molecule has 3 aromatic rings. The van der Waals surface area contributed by atoms with Crippen molar-refractivity contribution in [2.24, 2.45) is 0 Å². The molecule has 1 heteroatoms. The summed E-state index contributed by atoms with van der Waals surface area (Å²) in [7, 11) is 0. The van der Waals surface area contributed by atoms with Gasteiger partial charge in [-0.05, 0) is 63.9 Å². The van der Waals surface area contributed by atoms with Gasteiger partial charge < -0.3 is 4.90 Å². The molecule has 0 atom stereocenters. The van der Waals surface area contributed by atoms with Crippen LogP contribution >= 0.6 is 0 Å². The molecular weight excluding hydrogens is 350 g/mol. The van der Waals surface area contributed by atoms with Gasteiger partial charge in [0, 0.05) is 17.1 Å². The van der Waals surface area contributed by atoms with Gasteiger partial charge in [0.25, 0.3) is 0 Å². The maximum Gasteiger partial charge on any atom is 0.0462 e. The summed E-state index contributed by atoms with van der Waals surface area (Å²) in [6, 6.07) is 26.4. The summed E-state index contributed by atoms with van der Waals surface area (Å²) >= 11 is 0. The molecule has 0 bridgehead atoms. The third kappa shape index (κ3) is 4.79. The monoisotopic (exact) mass is 383 g/mol. The van der Waals surface area contributed by atoms with Crippen molar-refractivity contribution < 1.29 is 0 Å². The third-order valence-corrected chi connectivity index (χ3v) is 5.37. The van der Waals surface area contributed by atoms with Crippen LogP contribution in [0.2, 0.25) is 0 Å². The average Bonchev–Trinajstić information content (AvgIpc) is 2.68. The minimum absolute atomic E-state index is 0.142. The summed E-state index contributed by atoms with van der Waals surface area (Å²) in [5.41, 5.74) is 7.55. The van der Waals surface area contributed by atoms with E-state index in [9.17, 15) is 0 Å². The standard InChI is InChI=1S/C28H33N/c1-8-21-9-15-24(16-10-21)29(25-17-11-22(12-18-25)27(2,3)4)26-19-13-23(14-20-26)28(5,6)7/h8-20H,1H2,2-7H3. The van der Waals surface area contributed by atoms with Crippen molar-refractivity contribution in [3.05, 3.63) is 96.1 Å². The Labute approximate surface area is 176 Å². The van der Waals surface area contributed by atoms with Crippen LogP contribution in [0.15, 0.2) is 79.4 Å². The van der Waals surface area contributed by atoms with Gasteiger partial charge in [-0.25, -0.2) is 0 Å². The third-order valence-electron chi connectivity index (χ3n) is 5.37. The zero-order valence-corrected chi connectivity index (χ0v) is 18.7. The lowest BCUT2D eigenvalue weighted by Crippen LogP contribution is -2.14. The zero-order chi connectivity index (χ0) is 21.2. The van der Waals surface area contributed by atoms with Crippen molar-refractivity contribution in [2.75, 3.05) is 4.90 Å². The summed E-state index contributed by atoms with van der Waals surface area (Å²) < 4.78 is 0. The first kappa shape index (κ1) is 20.9. The van der Waals surface area contributed by atoms with Gasteiger partial charge in [0.2, 0.25) is 0 Å². The van der Waals surface area contributed by atoms with Crippen molar-refractivity contribution in [3.8, 4) is 0 Å². The number of benzene rings is 3. The molecule has 29 heavy (non-hydrogen) atoms. The molecule has 0 aliphatic heterocycles. The van der Waals surface area contributed by atoms with Crippen LogP contribution in [0.5, 0.6) is 0 Å². The highest BCUT2D eigenvalue weighted by Gasteiger charge is 2.18. The fraction of sp³-hybridized carbons (Fsp3) is 0.286. The van der Waals surface area contributed by atoms with Gasteiger partial charge in [-0.3, -0.25) is 0 Å². The largest absolute Gasteiger partial charge is 0.311 e. The Morgan fingerprint density at radius 2 is 0.862 bits per heavy atom. The van der Waals surface area contributed by atoms with E-state index >= 15 is 0 Å². The van der Waals surface area contributed by atoms with Crippen LogP contribution < -0.4 is 4.90 Å². The van der Waals surface area contributed by atoms with Gasteiger partial charge in [0.1, 0.15) is 0 Å². The summed E-state index contributed by atoms with van der Waals surface area (Å²) in [5, 5.41) is 0. The van der Waals surface area contributed by atoms with E-state index in [1.54, 1.807) is 0 Å². The van der Waals surface area contributed by atoms with Gasteiger partial charge >= 0.3 is 0 Å². The molecule has 0 saturated heterocycles. The molecule has 3 aromatic carbocycles. The Morgan fingerprint density at radius 1 is 0.552 bits per heavy atom. The average molecular weight is 384 g/mol. The first-order valence-corrected chi connectivity index (χ1v) is 10.3. The van der Waals surface area contributed by atoms with Gasteiger partial charge in [0.15, 0.2) is 0 Å². The number of hydrogen-bond donors (Lipinski definition) is 0. The second-order valence-electron chi connectivity index (χ2n) is 9.72. The summed E-state index contributed by atoms with van der Waals surface area (Å²) in [6.07, 6.45) is 1.88. The Bertz CT molecular complexity index is 890. The van der Waals surface area contributed by atoms with Crippen LogP contribution in [0.4, 0.5) is 17.1 Å². The maximum atomic E-state index is 3.87. The van der Waals surface area contributed by atoms with E-state index in [0.717, 1.165) is 22.6 Å². The van der Waals surface area contributed by atoms with Crippen molar-refractivity contribution in [1.82, 2.24) is 0 Å². The lowest BCUT2D eigenvalue weighted by Gasteiger charge is -2.28. The maximum absolute atomic E-state index is 3.87. The highest BCUT2D eigenvalue weighted by atomic mass is 15.1. The van der Waals surface area contributed by atoms with Crippen molar-refractivity contribution >= 4 is 23.1 Å². The molecule has 0 radical (unpaired) electrons. The molecule has 150 valence electrons. The predicted molar refractivity (Wildman–Crippen MR) is 129 cm³/mol. The Kier molecular flexibility index (Phi) is 5.71. The molecular formula is C28H33N. The Morgan fingerprint density at radius 3 is 1.14 bits per heavy atom. The number of hydrogen-bond acceptors (Lipinski definition) is 1. The topological polar surface area (TPSA) is 3.24 Å². The molecule has 3 rings (SSSR count). The molecule has 0 fully saturated rings. The summed E-state index contributed by atoms with van der Waals surface area (Å²) in [4.78, 5) is 2.31. The molecule has 0 heterocycles. The molecule has 0 aliphatic rings. The second kappa shape index (κ2) is 7.91. The molecule has 0 aliphatic carbocycles. The van der Waals surface area contributed by atoms with Gasteiger partial charge in [-0.1, -0.05) is 90.6 Å². The van der Waals surface area contributed by atoms with E-state index in [4.69, 9.17) is 0 Å². The number of anilines is 3. The summed E-state index contributed by atoms with van der Waals surface area (Å²) in [5.74, 6) is 0. The zero-order valence-electron chi connectivity index (χ0n) is 18.7. The van der Waals surface area contributed by atoms with Crippen molar-refractivity contribution in [1.29, 1.82) is 0 Å². The highest BCUT2D eigenvalue weighted by Crippen LogP contribution is 2.37. The Balaban J connectivity index is 2.07. The molecule has 0 N–H and O–H groups in total. The smallest absolute Gasteiger partial charge is 0.0462 e. The first-order valence-electron chi connectivity index (χ1n) is 10.3. The van der Waals surface area contributed by atoms with Crippen LogP contribution in [0.25, 0.3) is 6.08 Å². The van der Waals surface area contributed by atoms with E-state index in [1.807, 2.05) is 6.08 Å². The minimum atomic E-state index is 0.142. The van der Waals surface area contributed by atoms with E-state index in [1.165, 1.54) is 11.1 Å². The second-order valence-corrected chi connectivity index (χ2v) is 9.72. The normalized spacial score (nSPS) is 11.9. The van der Waals surface area contributed by atoms with Crippen LogP contribution in [0.1, 0.15) is 58.2 Å². The van der Waals surface area contributed by atoms with Crippen molar-refractivity contribution in [3.63, 3.8) is 0 Å². The first-order chi connectivity index (χ1) is 13.6. The number of nitrogens with zero attached hydrogens (tertiary/aromatic N) is 1. The molecule has 0 saturated carbocycles. The molecule has 0 spiro atoms. The van der Waals surface area contributed by atoms with Gasteiger partial charge in [-0.2, -0.15) is 0 Å². The molecule has 0 aromatic heterocycles. The minimum Gasteiger partial charge on any atom is -0.311 e. The van der Waals surface area contributed by atoms with E-state index < -0.39 is 0 Å². The predicted octanol–water partition coefficient (Wildman–Crippen LogP) is 8.39.